The lowest BCUT2D eigenvalue weighted by Gasteiger charge is -2.11. The molecule has 0 radical (unpaired) electrons. The Balaban J connectivity index is 1.94. The number of hydrogen-bond donors (Lipinski definition) is 2. The Hall–Kier alpha value is -1.91. The molecule has 1 amide bonds. The monoisotopic (exact) mass is 276 g/mol. The van der Waals surface area contributed by atoms with E-state index in [2.05, 4.69) is 10.3 Å². The summed E-state index contributed by atoms with van der Waals surface area (Å²) >= 11 is 5.75. The van der Waals surface area contributed by atoms with Gasteiger partial charge in [-0.2, -0.15) is 0 Å². The van der Waals surface area contributed by atoms with Gasteiger partial charge in [0.2, 0.25) is 0 Å². The van der Waals surface area contributed by atoms with Crippen LogP contribution in [0.4, 0.5) is 0 Å². The molecule has 0 saturated heterocycles. The number of nitrogens with one attached hydrogen (secondary N) is 1. The zero-order chi connectivity index (χ0) is 13.7. The Morgan fingerprint density at radius 1 is 1.21 bits per heavy atom. The highest BCUT2D eigenvalue weighted by Gasteiger charge is 2.16. The molecule has 0 saturated carbocycles. The molecule has 2 N–H and O–H groups in total. The number of aromatic nitrogens is 1. The number of nitrogens with zero attached hydrogens (tertiary/aromatic N) is 1. The molecule has 0 fully saturated rings. The molecule has 98 valence electrons. The lowest BCUT2D eigenvalue weighted by molar-refractivity contribution is -0.129. The number of amides is 1. The van der Waals surface area contributed by atoms with Gasteiger partial charge in [0.05, 0.1) is 0 Å². The summed E-state index contributed by atoms with van der Waals surface area (Å²) in [4.78, 5) is 15.7. The van der Waals surface area contributed by atoms with E-state index in [-0.39, 0.29) is 0 Å². The third-order valence-electron chi connectivity index (χ3n) is 2.65. The lowest BCUT2D eigenvalue weighted by Crippen LogP contribution is -2.28. The predicted octanol–water partition coefficient (Wildman–Crippen LogP) is 2.08. The summed E-state index contributed by atoms with van der Waals surface area (Å²) in [5, 5.41) is 13.1. The number of benzene rings is 1. The fourth-order valence-corrected chi connectivity index (χ4v) is 1.71. The molecule has 1 heterocycles. The summed E-state index contributed by atoms with van der Waals surface area (Å²) in [5.41, 5.74) is 1.43. The molecule has 19 heavy (non-hydrogen) atoms. The molecule has 0 bridgehead atoms. The number of pyridine rings is 1. The Morgan fingerprint density at radius 2 is 1.84 bits per heavy atom. The Morgan fingerprint density at radius 3 is 2.47 bits per heavy atom. The van der Waals surface area contributed by atoms with Gasteiger partial charge in [-0.25, -0.2) is 0 Å². The topological polar surface area (TPSA) is 62.2 Å². The first-order valence-corrected chi connectivity index (χ1v) is 6.15. The maximum Gasteiger partial charge on any atom is 0.253 e. The second-order valence-electron chi connectivity index (χ2n) is 4.03. The highest BCUT2D eigenvalue weighted by Crippen LogP contribution is 2.16. The molecule has 2 aromatic rings. The first-order chi connectivity index (χ1) is 9.16. The van der Waals surface area contributed by atoms with Crippen LogP contribution < -0.4 is 5.32 Å². The number of aliphatic hydroxyl groups is 1. The van der Waals surface area contributed by atoms with Crippen molar-refractivity contribution in [3.05, 3.63) is 64.9 Å². The second-order valence-corrected chi connectivity index (χ2v) is 4.46. The maximum absolute atomic E-state index is 11.8. The molecule has 1 aromatic heterocycles. The van der Waals surface area contributed by atoms with Gasteiger partial charge in [-0.1, -0.05) is 23.7 Å². The number of rotatable bonds is 4. The fraction of sp³-hybridized carbons (Fsp3) is 0.143. The number of carbonyl (C=O) groups is 1. The van der Waals surface area contributed by atoms with E-state index < -0.39 is 12.0 Å². The molecular formula is C14H13ClN2O2. The van der Waals surface area contributed by atoms with Gasteiger partial charge in [0.15, 0.2) is 6.10 Å². The van der Waals surface area contributed by atoms with Crippen molar-refractivity contribution >= 4 is 17.5 Å². The Bertz CT molecular complexity index is 543. The van der Waals surface area contributed by atoms with Crippen molar-refractivity contribution in [2.75, 3.05) is 0 Å². The van der Waals surface area contributed by atoms with Crippen LogP contribution in [-0.4, -0.2) is 16.0 Å². The third-order valence-corrected chi connectivity index (χ3v) is 2.90. The van der Waals surface area contributed by atoms with Gasteiger partial charge in [0, 0.05) is 24.0 Å². The van der Waals surface area contributed by atoms with Crippen LogP contribution in [0.1, 0.15) is 17.2 Å². The molecule has 0 spiro atoms. The maximum atomic E-state index is 11.8. The highest BCUT2D eigenvalue weighted by molar-refractivity contribution is 6.30. The van der Waals surface area contributed by atoms with Gasteiger partial charge < -0.3 is 10.4 Å². The smallest absolute Gasteiger partial charge is 0.253 e. The zero-order valence-electron chi connectivity index (χ0n) is 10.1. The zero-order valence-corrected chi connectivity index (χ0v) is 10.8. The van der Waals surface area contributed by atoms with Crippen molar-refractivity contribution < 1.29 is 9.90 Å². The molecule has 4 nitrogen and oxygen atoms in total. The summed E-state index contributed by atoms with van der Waals surface area (Å²) in [6, 6.07) is 10.1. The van der Waals surface area contributed by atoms with Crippen molar-refractivity contribution in [2.45, 2.75) is 12.6 Å². The van der Waals surface area contributed by atoms with Crippen LogP contribution in [0.2, 0.25) is 5.02 Å². The van der Waals surface area contributed by atoms with Gasteiger partial charge in [-0.05, 0) is 35.4 Å². The first-order valence-electron chi connectivity index (χ1n) is 5.77. The van der Waals surface area contributed by atoms with E-state index in [4.69, 9.17) is 11.6 Å². The van der Waals surface area contributed by atoms with Crippen molar-refractivity contribution in [1.82, 2.24) is 10.3 Å². The summed E-state index contributed by atoms with van der Waals surface area (Å²) < 4.78 is 0. The molecule has 0 aliphatic rings. The van der Waals surface area contributed by atoms with E-state index in [9.17, 15) is 9.90 Å². The lowest BCUT2D eigenvalue weighted by atomic mass is 10.1. The largest absolute Gasteiger partial charge is 0.378 e. The second kappa shape index (κ2) is 6.31. The van der Waals surface area contributed by atoms with Crippen LogP contribution in [0.15, 0.2) is 48.8 Å². The Labute approximate surface area is 116 Å². The SMILES string of the molecule is O=C(NCc1ccncc1)C(O)c1ccc(Cl)cc1. The van der Waals surface area contributed by atoms with Crippen molar-refractivity contribution in [2.24, 2.45) is 0 Å². The van der Waals surface area contributed by atoms with E-state index >= 15 is 0 Å². The quantitative estimate of drug-likeness (QED) is 0.899. The van der Waals surface area contributed by atoms with E-state index in [1.54, 1.807) is 48.8 Å². The fourth-order valence-electron chi connectivity index (χ4n) is 1.58. The molecule has 1 unspecified atom stereocenters. The number of hydrogen-bond acceptors (Lipinski definition) is 3. The summed E-state index contributed by atoms with van der Waals surface area (Å²) in [7, 11) is 0. The van der Waals surface area contributed by atoms with Gasteiger partial charge in [0.1, 0.15) is 0 Å². The van der Waals surface area contributed by atoms with Gasteiger partial charge in [-0.3, -0.25) is 9.78 Å². The highest BCUT2D eigenvalue weighted by atomic mass is 35.5. The summed E-state index contributed by atoms with van der Waals surface area (Å²) in [5.74, 6) is -0.445. The van der Waals surface area contributed by atoms with Crippen LogP contribution in [0.5, 0.6) is 0 Å². The molecule has 5 heteroatoms. The number of carbonyl (C=O) groups excluding carboxylic acids is 1. The van der Waals surface area contributed by atoms with Crippen LogP contribution in [0.25, 0.3) is 0 Å². The average Bonchev–Trinajstić information content (AvgIpc) is 2.46. The minimum Gasteiger partial charge on any atom is -0.378 e. The van der Waals surface area contributed by atoms with Crippen LogP contribution in [-0.2, 0) is 11.3 Å². The predicted molar refractivity (Wildman–Crippen MR) is 72.5 cm³/mol. The normalized spacial score (nSPS) is 11.9. The minimum atomic E-state index is -1.20. The van der Waals surface area contributed by atoms with E-state index in [0.717, 1.165) is 5.56 Å². The minimum absolute atomic E-state index is 0.353. The molecule has 2 rings (SSSR count). The molecule has 1 aromatic carbocycles. The van der Waals surface area contributed by atoms with Gasteiger partial charge in [0.25, 0.3) is 5.91 Å². The third kappa shape index (κ3) is 3.77. The molecule has 1 atom stereocenters. The summed E-state index contributed by atoms with van der Waals surface area (Å²) in [6.07, 6.45) is 2.10. The van der Waals surface area contributed by atoms with Crippen molar-refractivity contribution in [3.63, 3.8) is 0 Å². The van der Waals surface area contributed by atoms with E-state index in [1.807, 2.05) is 0 Å². The van der Waals surface area contributed by atoms with Crippen molar-refractivity contribution in [1.29, 1.82) is 0 Å². The molecule has 0 aliphatic heterocycles. The van der Waals surface area contributed by atoms with Gasteiger partial charge >= 0.3 is 0 Å². The van der Waals surface area contributed by atoms with E-state index in [0.29, 0.717) is 17.1 Å². The van der Waals surface area contributed by atoms with Crippen LogP contribution in [0, 0.1) is 0 Å². The Kier molecular flexibility index (Phi) is 4.49. The number of halogens is 1. The molecule has 0 aliphatic carbocycles. The van der Waals surface area contributed by atoms with Crippen LogP contribution >= 0.6 is 11.6 Å². The average molecular weight is 277 g/mol. The summed E-state index contributed by atoms with van der Waals surface area (Å²) in [6.45, 7) is 0.353. The van der Waals surface area contributed by atoms with Crippen LogP contribution in [0.3, 0.4) is 0 Å². The van der Waals surface area contributed by atoms with Gasteiger partial charge in [-0.15, -0.1) is 0 Å². The molecular weight excluding hydrogens is 264 g/mol. The first kappa shape index (κ1) is 13.5. The van der Waals surface area contributed by atoms with E-state index in [1.165, 1.54) is 0 Å². The number of aliphatic hydroxyl groups excluding tert-OH is 1. The van der Waals surface area contributed by atoms with Crippen molar-refractivity contribution in [3.8, 4) is 0 Å². The standard InChI is InChI=1S/C14H13ClN2O2/c15-12-3-1-11(2-4-12)13(18)14(19)17-9-10-5-7-16-8-6-10/h1-8,13,18H,9H2,(H,17,19).